The Hall–Kier alpha value is -3.91. The molecule has 3 aromatic carbocycles. The van der Waals surface area contributed by atoms with Gasteiger partial charge in [0, 0.05) is 11.6 Å². The summed E-state index contributed by atoms with van der Waals surface area (Å²) < 4.78 is 55.3. The topological polar surface area (TPSA) is 111 Å². The summed E-state index contributed by atoms with van der Waals surface area (Å²) in [6.45, 7) is -0.390. The standard InChI is InChI=1S/C25H18F3N3O4/c26-16-7-12(9-29)1-6-15(16)13-2-4-14(5-3-13)21-17(27)8-18-23(22(21)28)31-25(30-18)35-20-11-34-19(10-32)24(20)33/h1-8,19-20,24,32-33H,10-11H2,(H,30,31)/t19-,20-,24?/m1/s1. The third kappa shape index (κ3) is 4.10. The maximum Gasteiger partial charge on any atom is 0.295 e. The highest BCUT2D eigenvalue weighted by atomic mass is 19.1. The van der Waals surface area contributed by atoms with Gasteiger partial charge in [-0.3, -0.25) is 0 Å². The average molecular weight is 481 g/mol. The minimum atomic E-state index is -1.11. The molecular formula is C25H18F3N3O4. The molecule has 1 fully saturated rings. The number of aromatic nitrogens is 2. The summed E-state index contributed by atoms with van der Waals surface area (Å²) in [5, 5.41) is 28.2. The van der Waals surface area contributed by atoms with E-state index in [4.69, 9.17) is 14.7 Å². The zero-order valence-electron chi connectivity index (χ0n) is 18.0. The van der Waals surface area contributed by atoms with Gasteiger partial charge in [0.25, 0.3) is 6.01 Å². The van der Waals surface area contributed by atoms with Crippen molar-refractivity contribution in [3.05, 3.63) is 71.5 Å². The molecule has 1 unspecified atom stereocenters. The number of halogens is 3. The highest BCUT2D eigenvalue weighted by molar-refractivity contribution is 5.84. The van der Waals surface area contributed by atoms with E-state index in [1.54, 1.807) is 0 Å². The molecule has 1 aliphatic heterocycles. The number of fused-ring (bicyclic) bond motifs is 1. The number of benzene rings is 3. The van der Waals surface area contributed by atoms with Crippen molar-refractivity contribution < 1.29 is 32.9 Å². The Kier molecular flexibility index (Phi) is 5.90. The molecule has 3 N–H and O–H groups in total. The lowest BCUT2D eigenvalue weighted by Crippen LogP contribution is -2.36. The molecule has 1 aromatic heterocycles. The van der Waals surface area contributed by atoms with Crippen molar-refractivity contribution in [1.29, 1.82) is 5.26 Å². The van der Waals surface area contributed by atoms with Crippen LogP contribution in [0.4, 0.5) is 13.2 Å². The SMILES string of the molecule is N#Cc1ccc(-c2ccc(-c3c(F)cc4[nH]c(O[C@@H]5CO[C@H](CO)C5O)nc4c3F)cc2)c(F)c1. The third-order valence-corrected chi connectivity index (χ3v) is 5.91. The van der Waals surface area contributed by atoms with Crippen LogP contribution in [0.5, 0.6) is 6.01 Å². The lowest BCUT2D eigenvalue weighted by atomic mass is 9.98. The highest BCUT2D eigenvalue weighted by Gasteiger charge is 2.37. The smallest absolute Gasteiger partial charge is 0.295 e. The number of nitrogens with zero attached hydrogens (tertiary/aromatic N) is 2. The van der Waals surface area contributed by atoms with Crippen molar-refractivity contribution >= 4 is 11.0 Å². The molecular weight excluding hydrogens is 463 g/mol. The number of imidazole rings is 1. The maximum atomic E-state index is 15.3. The number of hydrogen-bond donors (Lipinski definition) is 3. The van der Waals surface area contributed by atoms with E-state index in [1.165, 1.54) is 36.4 Å². The molecule has 0 spiro atoms. The second-order valence-electron chi connectivity index (χ2n) is 8.07. The summed E-state index contributed by atoms with van der Waals surface area (Å²) in [6, 6.07) is 12.9. The number of nitrogens with one attached hydrogen (secondary N) is 1. The van der Waals surface area contributed by atoms with Crippen LogP contribution in [0.3, 0.4) is 0 Å². The first-order valence-electron chi connectivity index (χ1n) is 10.6. The van der Waals surface area contributed by atoms with Crippen molar-refractivity contribution in [2.75, 3.05) is 13.2 Å². The number of rotatable bonds is 5. The van der Waals surface area contributed by atoms with Crippen LogP contribution >= 0.6 is 0 Å². The van der Waals surface area contributed by atoms with Gasteiger partial charge in [0.15, 0.2) is 11.9 Å². The molecule has 1 aliphatic rings. The fourth-order valence-electron chi connectivity index (χ4n) is 4.08. The van der Waals surface area contributed by atoms with Gasteiger partial charge in [-0.1, -0.05) is 30.3 Å². The van der Waals surface area contributed by atoms with Crippen molar-refractivity contribution in [2.24, 2.45) is 0 Å². The third-order valence-electron chi connectivity index (χ3n) is 5.91. The molecule has 0 saturated carbocycles. The Balaban J connectivity index is 1.45. The van der Waals surface area contributed by atoms with Crippen LogP contribution in [-0.4, -0.2) is 51.7 Å². The van der Waals surface area contributed by atoms with Crippen LogP contribution < -0.4 is 4.74 Å². The molecule has 0 amide bonds. The van der Waals surface area contributed by atoms with E-state index in [2.05, 4.69) is 9.97 Å². The normalized spacial score (nSPS) is 19.7. The van der Waals surface area contributed by atoms with E-state index < -0.39 is 35.8 Å². The average Bonchev–Trinajstić information content (AvgIpc) is 3.42. The fourth-order valence-corrected chi connectivity index (χ4v) is 4.08. The second kappa shape index (κ2) is 9.03. The molecule has 10 heteroatoms. The summed E-state index contributed by atoms with van der Waals surface area (Å²) in [5.41, 5.74) is 0.718. The van der Waals surface area contributed by atoms with Gasteiger partial charge in [-0.2, -0.15) is 10.2 Å². The first-order chi connectivity index (χ1) is 16.9. The largest absolute Gasteiger partial charge is 0.456 e. The molecule has 3 atom stereocenters. The van der Waals surface area contributed by atoms with E-state index >= 15 is 4.39 Å². The molecule has 1 saturated heterocycles. The summed E-state index contributed by atoms with van der Waals surface area (Å²) >= 11 is 0. The summed E-state index contributed by atoms with van der Waals surface area (Å²) in [4.78, 5) is 6.73. The van der Waals surface area contributed by atoms with Gasteiger partial charge in [0.1, 0.15) is 29.4 Å². The van der Waals surface area contributed by atoms with Crippen molar-refractivity contribution in [1.82, 2.24) is 9.97 Å². The van der Waals surface area contributed by atoms with Gasteiger partial charge in [0.05, 0.1) is 35.9 Å². The van der Waals surface area contributed by atoms with Gasteiger partial charge in [-0.15, -0.1) is 0 Å². The zero-order chi connectivity index (χ0) is 24.7. The molecule has 0 bridgehead atoms. The predicted octanol–water partition coefficient (Wildman–Crippen LogP) is 3.69. The Morgan fingerprint density at radius 3 is 2.49 bits per heavy atom. The number of aromatic amines is 1. The van der Waals surface area contributed by atoms with Crippen LogP contribution in [-0.2, 0) is 4.74 Å². The quantitative estimate of drug-likeness (QED) is 0.401. The minimum absolute atomic E-state index is 0.00227. The fraction of sp³-hybridized carbons (Fsp3) is 0.200. The van der Waals surface area contributed by atoms with E-state index in [0.717, 1.165) is 12.1 Å². The molecule has 5 rings (SSSR count). The second-order valence-corrected chi connectivity index (χ2v) is 8.07. The lowest BCUT2D eigenvalue weighted by Gasteiger charge is -2.15. The predicted molar refractivity (Wildman–Crippen MR) is 119 cm³/mol. The van der Waals surface area contributed by atoms with Crippen LogP contribution in [0.25, 0.3) is 33.3 Å². The Morgan fingerprint density at radius 1 is 1.09 bits per heavy atom. The van der Waals surface area contributed by atoms with Gasteiger partial charge >= 0.3 is 0 Å². The Bertz CT molecular complexity index is 1450. The molecule has 7 nitrogen and oxygen atoms in total. The maximum absolute atomic E-state index is 15.3. The van der Waals surface area contributed by atoms with Gasteiger partial charge < -0.3 is 24.7 Å². The number of hydrogen-bond acceptors (Lipinski definition) is 6. The van der Waals surface area contributed by atoms with Crippen molar-refractivity contribution in [3.8, 4) is 34.3 Å². The first kappa shape index (κ1) is 22.9. The monoisotopic (exact) mass is 481 g/mol. The van der Waals surface area contributed by atoms with E-state index in [0.29, 0.717) is 5.56 Å². The first-order valence-corrected chi connectivity index (χ1v) is 10.6. The summed E-state index contributed by atoms with van der Waals surface area (Å²) in [7, 11) is 0. The Labute approximate surface area is 197 Å². The number of aliphatic hydroxyl groups excluding tert-OH is 2. The molecule has 2 heterocycles. The summed E-state index contributed by atoms with van der Waals surface area (Å²) in [5.74, 6) is -2.34. The van der Waals surface area contributed by atoms with Crippen molar-refractivity contribution in [2.45, 2.75) is 18.3 Å². The van der Waals surface area contributed by atoms with Crippen LogP contribution in [0.15, 0.2) is 48.5 Å². The van der Waals surface area contributed by atoms with E-state index in [1.807, 2.05) is 6.07 Å². The minimum Gasteiger partial charge on any atom is -0.456 e. The molecule has 4 aromatic rings. The molecule has 0 radical (unpaired) electrons. The van der Waals surface area contributed by atoms with Crippen molar-refractivity contribution in [3.63, 3.8) is 0 Å². The van der Waals surface area contributed by atoms with Crippen LogP contribution in [0.2, 0.25) is 0 Å². The van der Waals surface area contributed by atoms with E-state index in [9.17, 15) is 19.0 Å². The number of aliphatic hydroxyl groups is 2. The lowest BCUT2D eigenvalue weighted by molar-refractivity contribution is -0.00390. The highest BCUT2D eigenvalue weighted by Crippen LogP contribution is 2.34. The van der Waals surface area contributed by atoms with Gasteiger partial charge in [-0.05, 0) is 23.3 Å². The Morgan fingerprint density at radius 2 is 1.83 bits per heavy atom. The molecule has 178 valence electrons. The summed E-state index contributed by atoms with van der Waals surface area (Å²) in [6.07, 6.45) is -2.74. The van der Waals surface area contributed by atoms with Gasteiger partial charge in [0.2, 0.25) is 0 Å². The zero-order valence-corrected chi connectivity index (χ0v) is 18.0. The van der Waals surface area contributed by atoms with E-state index in [-0.39, 0.29) is 52.5 Å². The van der Waals surface area contributed by atoms with Crippen LogP contribution in [0.1, 0.15) is 5.56 Å². The number of ether oxygens (including phenoxy) is 2. The number of nitriles is 1. The molecule has 35 heavy (non-hydrogen) atoms. The molecule has 0 aliphatic carbocycles. The van der Waals surface area contributed by atoms with Crippen LogP contribution in [0, 0.1) is 28.8 Å². The number of H-pyrrole nitrogens is 1. The van der Waals surface area contributed by atoms with Gasteiger partial charge in [-0.25, -0.2) is 13.2 Å².